The number of nitrogens with one attached hydrogen (secondary N) is 1. The van der Waals surface area contributed by atoms with E-state index in [1.165, 1.54) is 5.69 Å². The van der Waals surface area contributed by atoms with E-state index >= 15 is 0 Å². The molecule has 0 spiro atoms. The molecule has 0 aromatic carbocycles. The average Bonchev–Trinajstić information content (AvgIpc) is 3.08. The lowest BCUT2D eigenvalue weighted by atomic mass is 9.93. The molecule has 0 aliphatic heterocycles. The predicted octanol–water partition coefficient (Wildman–Crippen LogP) is 0.383. The molecule has 1 amide bonds. The number of amides is 1. The second kappa shape index (κ2) is 5.69. The van der Waals surface area contributed by atoms with Gasteiger partial charge < -0.3 is 15.6 Å². The van der Waals surface area contributed by atoms with Crippen molar-refractivity contribution in [3.05, 3.63) is 35.7 Å². The summed E-state index contributed by atoms with van der Waals surface area (Å²) in [6, 6.07) is 0.0228. The monoisotopic (exact) mass is 288 g/mol. The molecule has 0 fully saturated rings. The average molecular weight is 288 g/mol. The minimum Gasteiger partial charge on any atom is -0.344 e. The first kappa shape index (κ1) is 13.8. The topological polar surface area (TPSA) is 90.8 Å². The highest BCUT2D eigenvalue weighted by molar-refractivity contribution is 5.92. The lowest BCUT2D eigenvalue weighted by molar-refractivity contribution is 0.0928. The van der Waals surface area contributed by atoms with Crippen LogP contribution in [-0.4, -0.2) is 31.8 Å². The maximum atomic E-state index is 12.3. The molecule has 3 N–H and O–H groups in total. The first-order valence-electron chi connectivity index (χ1n) is 7.22. The van der Waals surface area contributed by atoms with Crippen LogP contribution in [0.2, 0.25) is 0 Å². The third kappa shape index (κ3) is 2.69. The molecule has 0 radical (unpaired) electrons. The minimum atomic E-state index is -0.146. The third-order valence-electron chi connectivity index (χ3n) is 3.93. The van der Waals surface area contributed by atoms with Crippen molar-refractivity contribution in [1.29, 1.82) is 0 Å². The summed E-state index contributed by atoms with van der Waals surface area (Å²) in [5.41, 5.74) is 8.25. The van der Waals surface area contributed by atoms with Crippen LogP contribution in [0.5, 0.6) is 0 Å². The van der Waals surface area contributed by atoms with Crippen molar-refractivity contribution in [2.75, 3.05) is 6.54 Å². The molecule has 112 valence electrons. The highest BCUT2D eigenvalue weighted by atomic mass is 16.2. The first-order valence-corrected chi connectivity index (χ1v) is 7.22. The Balaban J connectivity index is 1.73. The van der Waals surface area contributed by atoms with Crippen LogP contribution in [0.3, 0.4) is 0 Å². The van der Waals surface area contributed by atoms with Crippen LogP contribution in [0, 0.1) is 0 Å². The number of nitrogens with two attached hydrogens (primary N) is 1. The molecule has 7 nitrogen and oxygen atoms in total. The Kier molecular flexibility index (Phi) is 3.74. The van der Waals surface area contributed by atoms with E-state index in [4.69, 9.17) is 5.73 Å². The summed E-state index contributed by atoms with van der Waals surface area (Å²) in [5, 5.41) is 7.35. The highest BCUT2D eigenvalue weighted by Gasteiger charge is 2.25. The number of imidazole rings is 1. The van der Waals surface area contributed by atoms with E-state index in [1.807, 2.05) is 22.5 Å². The molecule has 1 atom stereocenters. The Morgan fingerprint density at radius 2 is 2.43 bits per heavy atom. The van der Waals surface area contributed by atoms with Gasteiger partial charge in [0.1, 0.15) is 5.69 Å². The van der Waals surface area contributed by atoms with Crippen LogP contribution in [0.4, 0.5) is 0 Å². The molecule has 0 bridgehead atoms. The number of aromatic nitrogens is 4. The van der Waals surface area contributed by atoms with Gasteiger partial charge in [-0.05, 0) is 19.3 Å². The zero-order valence-corrected chi connectivity index (χ0v) is 12.1. The standard InChI is InChI=1S/C14H20N6O/c1-19-13-4-2-3-11(10(13)7-17-19)18-14(21)12-8-20(6-5-15)9-16-12/h7-9,11H,2-6,15H2,1H3,(H,18,21). The Morgan fingerprint density at radius 3 is 3.24 bits per heavy atom. The van der Waals surface area contributed by atoms with Crippen LogP contribution in [0.15, 0.2) is 18.7 Å². The van der Waals surface area contributed by atoms with Crippen molar-refractivity contribution >= 4 is 5.91 Å². The van der Waals surface area contributed by atoms with E-state index in [0.717, 1.165) is 24.8 Å². The third-order valence-corrected chi connectivity index (χ3v) is 3.93. The largest absolute Gasteiger partial charge is 0.344 e. The van der Waals surface area contributed by atoms with E-state index in [1.54, 1.807) is 12.5 Å². The molecule has 1 aliphatic rings. The predicted molar refractivity (Wildman–Crippen MR) is 77.6 cm³/mol. The zero-order chi connectivity index (χ0) is 14.8. The Morgan fingerprint density at radius 1 is 1.57 bits per heavy atom. The summed E-state index contributed by atoms with van der Waals surface area (Å²) < 4.78 is 3.72. The molecule has 3 rings (SSSR count). The van der Waals surface area contributed by atoms with Crippen molar-refractivity contribution in [2.45, 2.75) is 31.8 Å². The summed E-state index contributed by atoms with van der Waals surface area (Å²) in [4.78, 5) is 16.4. The first-order chi connectivity index (χ1) is 10.2. The van der Waals surface area contributed by atoms with Gasteiger partial charge in [-0.2, -0.15) is 5.10 Å². The van der Waals surface area contributed by atoms with Gasteiger partial charge >= 0.3 is 0 Å². The molecular formula is C14H20N6O. The minimum absolute atomic E-state index is 0.0228. The molecule has 2 heterocycles. The number of nitrogens with zero attached hydrogens (tertiary/aromatic N) is 4. The van der Waals surface area contributed by atoms with Crippen LogP contribution in [-0.2, 0) is 20.0 Å². The van der Waals surface area contributed by atoms with E-state index in [2.05, 4.69) is 15.4 Å². The summed E-state index contributed by atoms with van der Waals surface area (Å²) in [6.07, 6.45) is 8.23. The lowest BCUT2D eigenvalue weighted by Gasteiger charge is -2.23. The maximum Gasteiger partial charge on any atom is 0.271 e. The van der Waals surface area contributed by atoms with Crippen molar-refractivity contribution < 1.29 is 4.79 Å². The molecule has 0 saturated heterocycles. The Bertz CT molecular complexity index is 644. The van der Waals surface area contributed by atoms with Crippen molar-refractivity contribution in [1.82, 2.24) is 24.6 Å². The van der Waals surface area contributed by atoms with Gasteiger partial charge in [0.2, 0.25) is 0 Å². The second-order valence-electron chi connectivity index (χ2n) is 5.37. The fraction of sp³-hybridized carbons (Fsp3) is 0.500. The number of aryl methyl sites for hydroxylation is 1. The zero-order valence-electron chi connectivity index (χ0n) is 12.1. The lowest BCUT2D eigenvalue weighted by Crippen LogP contribution is -2.31. The normalized spacial score (nSPS) is 17.5. The molecule has 2 aromatic rings. The second-order valence-corrected chi connectivity index (χ2v) is 5.37. The van der Waals surface area contributed by atoms with Gasteiger partial charge in [0, 0.05) is 37.6 Å². The van der Waals surface area contributed by atoms with Gasteiger partial charge in [0.05, 0.1) is 18.6 Å². The van der Waals surface area contributed by atoms with Crippen molar-refractivity contribution in [3.8, 4) is 0 Å². The van der Waals surface area contributed by atoms with Crippen LogP contribution < -0.4 is 11.1 Å². The molecule has 1 aliphatic carbocycles. The molecule has 1 unspecified atom stereocenters. The van der Waals surface area contributed by atoms with Gasteiger partial charge in [-0.3, -0.25) is 9.48 Å². The molecule has 7 heteroatoms. The van der Waals surface area contributed by atoms with E-state index in [-0.39, 0.29) is 11.9 Å². The smallest absolute Gasteiger partial charge is 0.271 e. The van der Waals surface area contributed by atoms with Crippen LogP contribution >= 0.6 is 0 Å². The number of hydrogen-bond acceptors (Lipinski definition) is 4. The maximum absolute atomic E-state index is 12.3. The summed E-state index contributed by atoms with van der Waals surface area (Å²) >= 11 is 0. The van der Waals surface area contributed by atoms with E-state index < -0.39 is 0 Å². The molecule has 21 heavy (non-hydrogen) atoms. The number of fused-ring (bicyclic) bond motifs is 1. The van der Waals surface area contributed by atoms with Gasteiger partial charge in [0.25, 0.3) is 5.91 Å². The molecular weight excluding hydrogens is 268 g/mol. The van der Waals surface area contributed by atoms with Gasteiger partial charge in [0.15, 0.2) is 0 Å². The van der Waals surface area contributed by atoms with Gasteiger partial charge in [-0.25, -0.2) is 4.98 Å². The van der Waals surface area contributed by atoms with Crippen LogP contribution in [0.25, 0.3) is 0 Å². The summed E-state index contributed by atoms with van der Waals surface area (Å²) in [5.74, 6) is -0.146. The fourth-order valence-corrected chi connectivity index (χ4v) is 2.84. The van der Waals surface area contributed by atoms with Gasteiger partial charge in [-0.15, -0.1) is 0 Å². The number of carbonyl (C=O) groups is 1. The molecule has 2 aromatic heterocycles. The number of hydrogen-bond donors (Lipinski definition) is 2. The summed E-state index contributed by atoms with van der Waals surface area (Å²) in [6.45, 7) is 1.19. The SMILES string of the molecule is Cn1ncc2c1CCCC2NC(=O)c1cn(CCN)cn1. The Labute approximate surface area is 123 Å². The van der Waals surface area contributed by atoms with Crippen LogP contribution in [0.1, 0.15) is 40.6 Å². The van der Waals surface area contributed by atoms with Crippen molar-refractivity contribution in [2.24, 2.45) is 12.8 Å². The molecule has 0 saturated carbocycles. The highest BCUT2D eigenvalue weighted by Crippen LogP contribution is 2.29. The number of rotatable bonds is 4. The summed E-state index contributed by atoms with van der Waals surface area (Å²) in [7, 11) is 1.94. The van der Waals surface area contributed by atoms with E-state index in [0.29, 0.717) is 18.8 Å². The quantitative estimate of drug-likeness (QED) is 0.851. The Hall–Kier alpha value is -2.15. The van der Waals surface area contributed by atoms with E-state index in [9.17, 15) is 4.79 Å². The van der Waals surface area contributed by atoms with Crippen molar-refractivity contribution in [3.63, 3.8) is 0 Å². The number of carbonyl (C=O) groups excluding carboxylic acids is 1. The van der Waals surface area contributed by atoms with Gasteiger partial charge in [-0.1, -0.05) is 0 Å². The fourth-order valence-electron chi connectivity index (χ4n) is 2.84.